The Morgan fingerprint density at radius 3 is 2.04 bits per heavy atom. The van der Waals surface area contributed by atoms with E-state index in [9.17, 15) is 39.7 Å². The summed E-state index contributed by atoms with van der Waals surface area (Å²) in [5.74, 6) is -5.43. The molecule has 230 valence electrons. The highest BCUT2D eigenvalue weighted by atomic mass is 16.6. The number of fused-ring (bicyclic) bond motifs is 1. The van der Waals surface area contributed by atoms with Gasteiger partial charge in [-0.1, -0.05) is 84.9 Å². The number of rotatable bonds is 9. The number of amides is 2. The molecule has 6 rings (SSSR count). The van der Waals surface area contributed by atoms with E-state index in [1.807, 2.05) is 54.6 Å². The minimum absolute atomic E-state index is 0.0339. The lowest BCUT2D eigenvalue weighted by molar-refractivity contribution is -0.385. The summed E-state index contributed by atoms with van der Waals surface area (Å²) >= 11 is 0. The van der Waals surface area contributed by atoms with Crippen LogP contribution in [-0.2, 0) is 20.8 Å². The smallest absolute Gasteiger partial charge is 0.325 e. The minimum atomic E-state index is -1.99. The molecule has 4 unspecified atom stereocenters. The minimum Gasteiger partial charge on any atom is -0.480 e. The number of imide groups is 1. The lowest BCUT2D eigenvalue weighted by atomic mass is 9.76. The number of hydrogen-bond acceptors (Lipinski definition) is 8. The number of aliphatic carboxylic acids is 1. The van der Waals surface area contributed by atoms with Crippen LogP contribution >= 0.6 is 0 Å². The Bertz CT molecular complexity index is 1890. The average Bonchev–Trinajstić information content (AvgIpc) is 3.54. The number of hydrogen-bond donors (Lipinski definition) is 2. The van der Waals surface area contributed by atoms with Crippen LogP contribution in [0.4, 0.5) is 17.1 Å². The molecule has 4 aromatic carbocycles. The standard InChI is InChI=1S/C34H26N4O8/c39-31-28-29(32(40)36(31)26-7-4-8-27(19-26)38(45)46)34(33(41)42,20-23-13-17-25(18-14-23)37(43)44)35-30(28)24-15-11-22(12-16-24)10-9-21-5-2-1-3-6-21/h1-19,28-30,35H,20H2,(H,41,42). The summed E-state index contributed by atoms with van der Waals surface area (Å²) < 4.78 is 0. The summed E-state index contributed by atoms with van der Waals surface area (Å²) in [7, 11) is 0. The molecule has 0 bridgehead atoms. The van der Waals surface area contributed by atoms with Crippen LogP contribution in [0.1, 0.15) is 28.3 Å². The van der Waals surface area contributed by atoms with Crippen LogP contribution in [0.25, 0.3) is 12.2 Å². The third kappa shape index (κ3) is 5.30. The van der Waals surface area contributed by atoms with Gasteiger partial charge in [-0.25, -0.2) is 4.90 Å². The Hall–Kier alpha value is -6.01. The molecule has 2 N–H and O–H groups in total. The molecule has 2 amide bonds. The molecule has 0 aromatic heterocycles. The van der Waals surface area contributed by atoms with Crippen molar-refractivity contribution in [1.29, 1.82) is 0 Å². The van der Waals surface area contributed by atoms with Crippen LogP contribution in [-0.4, -0.2) is 38.3 Å². The highest BCUT2D eigenvalue weighted by molar-refractivity contribution is 6.24. The van der Waals surface area contributed by atoms with Crippen molar-refractivity contribution in [3.63, 3.8) is 0 Å². The number of non-ortho nitro benzene ring substituents is 2. The molecule has 4 atom stereocenters. The van der Waals surface area contributed by atoms with Crippen molar-refractivity contribution >= 4 is 47.0 Å². The first-order valence-electron chi connectivity index (χ1n) is 14.3. The van der Waals surface area contributed by atoms with Crippen molar-refractivity contribution in [2.75, 3.05) is 4.90 Å². The van der Waals surface area contributed by atoms with Crippen LogP contribution < -0.4 is 10.2 Å². The van der Waals surface area contributed by atoms with Crippen LogP contribution in [0.5, 0.6) is 0 Å². The molecular weight excluding hydrogens is 592 g/mol. The zero-order chi connectivity index (χ0) is 32.6. The number of benzene rings is 4. The fourth-order valence-electron chi connectivity index (χ4n) is 6.35. The van der Waals surface area contributed by atoms with Gasteiger partial charge in [-0.15, -0.1) is 0 Å². The Balaban J connectivity index is 1.41. The van der Waals surface area contributed by atoms with Crippen LogP contribution in [0.2, 0.25) is 0 Å². The third-order valence-corrected chi connectivity index (χ3v) is 8.53. The first-order valence-corrected chi connectivity index (χ1v) is 14.3. The predicted octanol–water partition coefficient (Wildman–Crippen LogP) is 5.19. The number of nitrogens with one attached hydrogen (secondary N) is 1. The van der Waals surface area contributed by atoms with Crippen molar-refractivity contribution in [3.8, 4) is 0 Å². The van der Waals surface area contributed by atoms with E-state index in [0.717, 1.165) is 22.1 Å². The zero-order valence-electron chi connectivity index (χ0n) is 24.1. The van der Waals surface area contributed by atoms with E-state index in [2.05, 4.69) is 5.32 Å². The van der Waals surface area contributed by atoms with Gasteiger partial charge in [-0.05, 0) is 28.3 Å². The average molecular weight is 619 g/mol. The van der Waals surface area contributed by atoms with Crippen molar-refractivity contribution in [2.24, 2.45) is 11.8 Å². The first-order chi connectivity index (χ1) is 22.1. The summed E-state index contributed by atoms with van der Waals surface area (Å²) in [6, 6.07) is 26.3. The molecule has 0 saturated carbocycles. The van der Waals surface area contributed by atoms with Gasteiger partial charge in [0.2, 0.25) is 11.8 Å². The van der Waals surface area contributed by atoms with Gasteiger partial charge < -0.3 is 5.11 Å². The third-order valence-electron chi connectivity index (χ3n) is 8.53. The van der Waals surface area contributed by atoms with Gasteiger partial charge in [0, 0.05) is 36.7 Å². The molecule has 0 spiro atoms. The molecule has 12 nitrogen and oxygen atoms in total. The van der Waals surface area contributed by atoms with E-state index < -0.39 is 51.0 Å². The summed E-state index contributed by atoms with van der Waals surface area (Å²) in [5, 5.41) is 36.5. The highest BCUT2D eigenvalue weighted by Gasteiger charge is 2.68. The molecule has 12 heteroatoms. The van der Waals surface area contributed by atoms with Crippen LogP contribution in [0.3, 0.4) is 0 Å². The lowest BCUT2D eigenvalue weighted by Crippen LogP contribution is -2.57. The van der Waals surface area contributed by atoms with E-state index >= 15 is 0 Å². The molecule has 2 aliphatic heterocycles. The number of nitro groups is 2. The predicted molar refractivity (Wildman–Crippen MR) is 167 cm³/mol. The summed E-state index contributed by atoms with van der Waals surface area (Å²) in [6.45, 7) is 0. The number of nitro benzene ring substituents is 2. The molecule has 2 aliphatic rings. The number of carbonyl (C=O) groups excluding carboxylic acids is 2. The first kappa shape index (κ1) is 30.0. The molecule has 2 saturated heterocycles. The van der Waals surface area contributed by atoms with E-state index in [1.165, 1.54) is 42.5 Å². The highest BCUT2D eigenvalue weighted by Crippen LogP contribution is 2.51. The van der Waals surface area contributed by atoms with E-state index in [-0.39, 0.29) is 23.5 Å². The van der Waals surface area contributed by atoms with Crippen LogP contribution in [0.15, 0.2) is 103 Å². The number of carboxylic acid groups (broad SMARTS) is 1. The second-order valence-electron chi connectivity index (χ2n) is 11.2. The number of carbonyl (C=O) groups is 3. The number of carboxylic acids is 1. The molecular formula is C34H26N4O8. The molecule has 4 aromatic rings. The second-order valence-corrected chi connectivity index (χ2v) is 11.2. The van der Waals surface area contributed by atoms with E-state index in [4.69, 9.17) is 0 Å². The van der Waals surface area contributed by atoms with Crippen molar-refractivity contribution < 1.29 is 29.3 Å². The Morgan fingerprint density at radius 1 is 0.804 bits per heavy atom. The molecule has 0 radical (unpaired) electrons. The van der Waals surface area contributed by atoms with E-state index in [0.29, 0.717) is 11.1 Å². The molecule has 0 aliphatic carbocycles. The van der Waals surface area contributed by atoms with Crippen molar-refractivity contribution in [2.45, 2.75) is 18.0 Å². The Labute approximate surface area is 261 Å². The second kappa shape index (κ2) is 11.8. The maximum absolute atomic E-state index is 14.1. The van der Waals surface area contributed by atoms with Gasteiger partial charge >= 0.3 is 5.97 Å². The quantitative estimate of drug-likeness (QED) is 0.111. The largest absolute Gasteiger partial charge is 0.480 e. The van der Waals surface area contributed by atoms with Crippen molar-refractivity contribution in [3.05, 3.63) is 146 Å². The monoisotopic (exact) mass is 618 g/mol. The van der Waals surface area contributed by atoms with Crippen molar-refractivity contribution in [1.82, 2.24) is 5.32 Å². The fourth-order valence-corrected chi connectivity index (χ4v) is 6.35. The topological polar surface area (TPSA) is 173 Å². The van der Waals surface area contributed by atoms with Gasteiger partial charge in [0.05, 0.1) is 27.4 Å². The summed E-state index contributed by atoms with van der Waals surface area (Å²) in [6.07, 6.45) is 3.58. The van der Waals surface area contributed by atoms with Gasteiger partial charge in [-0.2, -0.15) is 0 Å². The maximum Gasteiger partial charge on any atom is 0.325 e. The van der Waals surface area contributed by atoms with Gasteiger partial charge in [-0.3, -0.25) is 39.9 Å². The molecule has 2 heterocycles. The van der Waals surface area contributed by atoms with Gasteiger partial charge in [0.1, 0.15) is 5.54 Å². The van der Waals surface area contributed by atoms with Gasteiger partial charge in [0.15, 0.2) is 0 Å². The Morgan fingerprint density at radius 2 is 1.43 bits per heavy atom. The zero-order valence-corrected chi connectivity index (χ0v) is 24.1. The number of anilines is 1. The normalized spacial score (nSPS) is 22.3. The summed E-state index contributed by atoms with van der Waals surface area (Å²) in [5.41, 5.74) is 0.280. The van der Waals surface area contributed by atoms with E-state index in [1.54, 1.807) is 12.1 Å². The Kier molecular flexibility index (Phi) is 7.72. The van der Waals surface area contributed by atoms with Crippen LogP contribution in [0, 0.1) is 32.1 Å². The SMILES string of the molecule is O=C1C2C(c3ccc(C=Cc4ccccc4)cc3)NC(Cc3ccc([N+](=O)[O-])cc3)(C(=O)O)C2C(=O)N1c1cccc([N+](=O)[O-])c1. The molecule has 2 fully saturated rings. The molecule has 46 heavy (non-hydrogen) atoms. The summed E-state index contributed by atoms with van der Waals surface area (Å²) in [4.78, 5) is 63.7. The lowest BCUT2D eigenvalue weighted by Gasteiger charge is -2.31. The van der Waals surface area contributed by atoms with Gasteiger partial charge in [0.25, 0.3) is 11.4 Å². The maximum atomic E-state index is 14.1. The number of nitrogens with zero attached hydrogens (tertiary/aromatic N) is 3. The fraction of sp³-hybridized carbons (Fsp3) is 0.147.